The number of nitriles is 1. The SMILES string of the molecule is Cc1c(C#N)c(=O)oc2c(C)c3c(cc12)CC([CH2][Hg+])O3. The standard InChI is InChI=1S/C15H12NO3.Hg/c1-7-4-10-5-11-8(2)12(6-16)15(17)19-14(11)9(3)13(10)18-7;/h5,7H,1,4H2,2-3H3;/q;+1. The van der Waals surface area contributed by atoms with E-state index < -0.39 is 5.63 Å². The van der Waals surface area contributed by atoms with Gasteiger partial charge in [-0.3, -0.25) is 0 Å². The zero-order valence-corrected chi connectivity index (χ0v) is 16.9. The second kappa shape index (κ2) is 4.89. The Kier molecular flexibility index (Phi) is 3.33. The van der Waals surface area contributed by atoms with Gasteiger partial charge in [-0.05, 0) is 0 Å². The van der Waals surface area contributed by atoms with E-state index in [9.17, 15) is 4.79 Å². The third kappa shape index (κ3) is 1.88. The Morgan fingerprint density at radius 2 is 2.20 bits per heavy atom. The minimum absolute atomic E-state index is 0.0955. The van der Waals surface area contributed by atoms with Crippen molar-refractivity contribution in [2.75, 3.05) is 0 Å². The third-order valence-electron chi connectivity index (χ3n) is 3.88. The summed E-state index contributed by atoms with van der Waals surface area (Å²) in [5, 5.41) is 9.92. The number of nitrogens with zero attached hydrogens (tertiary/aromatic N) is 1. The average Bonchev–Trinajstić information content (AvgIpc) is 2.85. The molecule has 0 saturated carbocycles. The Morgan fingerprint density at radius 3 is 2.85 bits per heavy atom. The van der Waals surface area contributed by atoms with Crippen molar-refractivity contribution >= 4 is 11.0 Å². The quantitative estimate of drug-likeness (QED) is 0.491. The Hall–Kier alpha value is -1.34. The first kappa shape index (κ1) is 13.6. The van der Waals surface area contributed by atoms with Crippen molar-refractivity contribution in [1.29, 1.82) is 5.26 Å². The summed E-state index contributed by atoms with van der Waals surface area (Å²) in [5.41, 5.74) is 2.80. The van der Waals surface area contributed by atoms with Crippen LogP contribution in [-0.4, -0.2) is 6.10 Å². The van der Waals surface area contributed by atoms with Crippen molar-refractivity contribution < 1.29 is 35.3 Å². The van der Waals surface area contributed by atoms with Gasteiger partial charge in [0.25, 0.3) is 0 Å². The second-order valence-electron chi connectivity index (χ2n) is 5.10. The van der Waals surface area contributed by atoms with Gasteiger partial charge in [0.2, 0.25) is 0 Å². The molecule has 2 aromatic rings. The number of ether oxygens (including phenoxy) is 1. The predicted octanol–water partition coefficient (Wildman–Crippen LogP) is 2.55. The molecule has 20 heavy (non-hydrogen) atoms. The molecule has 0 bridgehead atoms. The van der Waals surface area contributed by atoms with E-state index in [1.165, 1.54) is 0 Å². The fourth-order valence-electron chi connectivity index (χ4n) is 2.75. The van der Waals surface area contributed by atoms with Crippen LogP contribution in [0.5, 0.6) is 5.75 Å². The zero-order valence-electron chi connectivity index (χ0n) is 11.4. The Bertz CT molecular complexity index is 817. The van der Waals surface area contributed by atoms with Gasteiger partial charge in [-0.15, -0.1) is 0 Å². The van der Waals surface area contributed by atoms with Crippen LogP contribution in [0.3, 0.4) is 0 Å². The van der Waals surface area contributed by atoms with Crippen LogP contribution in [0.25, 0.3) is 11.0 Å². The van der Waals surface area contributed by atoms with E-state index in [1.54, 1.807) is 6.92 Å². The molecule has 5 heteroatoms. The Morgan fingerprint density at radius 1 is 1.45 bits per heavy atom. The molecule has 1 aliphatic rings. The summed E-state index contributed by atoms with van der Waals surface area (Å²) in [5.74, 6) is 0.861. The molecule has 3 rings (SSSR count). The number of benzene rings is 1. The number of fused-ring (bicyclic) bond motifs is 2. The topological polar surface area (TPSA) is 63.2 Å². The molecular weight excluding hydrogens is 443 g/mol. The molecule has 1 atom stereocenters. The van der Waals surface area contributed by atoms with E-state index in [0.717, 1.165) is 32.6 Å². The summed E-state index contributed by atoms with van der Waals surface area (Å²) in [6.45, 7) is 3.71. The average molecular weight is 455 g/mol. The van der Waals surface area contributed by atoms with E-state index >= 15 is 0 Å². The molecule has 0 radical (unpaired) electrons. The first-order chi connectivity index (χ1) is 9.56. The summed E-state index contributed by atoms with van der Waals surface area (Å²) in [6, 6.07) is 3.95. The van der Waals surface area contributed by atoms with Crippen LogP contribution in [0.2, 0.25) is 3.93 Å². The molecule has 0 spiro atoms. The maximum absolute atomic E-state index is 11.8. The third-order valence-corrected chi connectivity index (χ3v) is 6.38. The molecule has 2 heterocycles. The van der Waals surface area contributed by atoms with Gasteiger partial charge >= 0.3 is 132 Å². The summed E-state index contributed by atoms with van der Waals surface area (Å²) in [6.07, 6.45) is 1.18. The van der Waals surface area contributed by atoms with Crippen LogP contribution in [0, 0.1) is 25.2 Å². The summed E-state index contributed by atoms with van der Waals surface area (Å²) >= 11 is 0.704. The van der Waals surface area contributed by atoms with Gasteiger partial charge in [-0.1, -0.05) is 0 Å². The molecular formula is C15H12HgNO3+. The van der Waals surface area contributed by atoms with Crippen LogP contribution in [0.4, 0.5) is 0 Å². The minimum atomic E-state index is -0.569. The molecule has 1 unspecified atom stereocenters. The van der Waals surface area contributed by atoms with Crippen LogP contribution in [-0.2, 0) is 32.5 Å². The number of hydrogen-bond donors (Lipinski definition) is 0. The number of rotatable bonds is 1. The summed E-state index contributed by atoms with van der Waals surface area (Å²) in [7, 11) is 0. The Labute approximate surface area is 132 Å². The molecule has 0 aliphatic carbocycles. The number of aryl methyl sites for hydroxylation is 2. The second-order valence-corrected chi connectivity index (χ2v) is 7.34. The molecule has 1 aromatic heterocycles. The van der Waals surface area contributed by atoms with E-state index in [1.807, 2.05) is 19.1 Å². The van der Waals surface area contributed by atoms with Gasteiger partial charge in [0.1, 0.15) is 0 Å². The molecule has 1 aromatic carbocycles. The van der Waals surface area contributed by atoms with Gasteiger partial charge in [-0.2, -0.15) is 0 Å². The predicted molar refractivity (Wildman–Crippen MR) is 69.6 cm³/mol. The number of hydrogen-bond acceptors (Lipinski definition) is 4. The van der Waals surface area contributed by atoms with E-state index in [2.05, 4.69) is 0 Å². The molecule has 0 fully saturated rings. The molecule has 0 amide bonds. The van der Waals surface area contributed by atoms with Crippen molar-refractivity contribution in [1.82, 2.24) is 0 Å². The van der Waals surface area contributed by atoms with E-state index in [0.29, 0.717) is 37.3 Å². The molecule has 96 valence electrons. The summed E-state index contributed by atoms with van der Waals surface area (Å²) < 4.78 is 12.4. The fourth-order valence-corrected chi connectivity index (χ4v) is 4.00. The zero-order chi connectivity index (χ0) is 14.4. The first-order valence-electron chi connectivity index (χ1n) is 6.52. The molecule has 0 N–H and O–H groups in total. The van der Waals surface area contributed by atoms with Crippen LogP contribution >= 0.6 is 0 Å². The monoisotopic (exact) mass is 456 g/mol. The Balaban J connectivity index is 2.37. The summed E-state index contributed by atoms with van der Waals surface area (Å²) in [4.78, 5) is 11.8. The van der Waals surface area contributed by atoms with Crippen LogP contribution < -0.4 is 10.4 Å². The van der Waals surface area contributed by atoms with E-state index in [4.69, 9.17) is 14.4 Å². The van der Waals surface area contributed by atoms with Gasteiger partial charge in [0.15, 0.2) is 0 Å². The van der Waals surface area contributed by atoms with Crippen LogP contribution in [0.15, 0.2) is 15.3 Å². The fraction of sp³-hybridized carbons (Fsp3) is 0.333. The molecule has 4 nitrogen and oxygen atoms in total. The first-order valence-corrected chi connectivity index (χ1v) is 10.4. The van der Waals surface area contributed by atoms with Gasteiger partial charge in [-0.25, -0.2) is 0 Å². The van der Waals surface area contributed by atoms with Crippen molar-refractivity contribution in [3.63, 3.8) is 0 Å². The van der Waals surface area contributed by atoms with Gasteiger partial charge < -0.3 is 0 Å². The van der Waals surface area contributed by atoms with Crippen LogP contribution in [0.1, 0.15) is 22.3 Å². The maximum atomic E-state index is 11.8. The van der Waals surface area contributed by atoms with Gasteiger partial charge in [0.05, 0.1) is 0 Å². The van der Waals surface area contributed by atoms with Gasteiger partial charge in [0, 0.05) is 0 Å². The molecule has 1 aliphatic heterocycles. The van der Waals surface area contributed by atoms with E-state index in [-0.39, 0.29) is 11.7 Å². The van der Waals surface area contributed by atoms with Crippen molar-refractivity contribution in [3.8, 4) is 11.8 Å². The van der Waals surface area contributed by atoms with Crippen molar-refractivity contribution in [3.05, 3.63) is 38.7 Å². The van der Waals surface area contributed by atoms with Crippen molar-refractivity contribution in [2.24, 2.45) is 0 Å². The molecule has 0 saturated heterocycles. The normalized spacial score (nSPS) is 16.9. The van der Waals surface area contributed by atoms with Crippen molar-refractivity contribution in [2.45, 2.75) is 30.3 Å².